The van der Waals surface area contributed by atoms with Crippen LogP contribution in [0.1, 0.15) is 25.5 Å². The van der Waals surface area contributed by atoms with Crippen LogP contribution in [0.15, 0.2) is 23.8 Å². The van der Waals surface area contributed by atoms with Gasteiger partial charge in [-0.25, -0.2) is 8.78 Å². The highest BCUT2D eigenvalue weighted by atomic mass is 35.5. The Morgan fingerprint density at radius 3 is 2.44 bits per heavy atom. The van der Waals surface area contributed by atoms with Crippen LogP contribution in [-0.2, 0) is 0 Å². The highest BCUT2D eigenvalue weighted by Gasteiger charge is 2.14. The standard InChI is InChI=1S/C12H14ClF2N/c1-7(2)4-12(16-3)8-5-11(15)9(13)6-10(8)14/h4-6,12,16H,1-3H3. The fraction of sp³-hybridized carbons (Fsp3) is 0.333. The lowest BCUT2D eigenvalue weighted by atomic mass is 10.0. The van der Waals surface area contributed by atoms with Gasteiger partial charge in [-0.15, -0.1) is 0 Å². The molecular weight excluding hydrogens is 232 g/mol. The van der Waals surface area contributed by atoms with Gasteiger partial charge in [0.2, 0.25) is 0 Å². The molecule has 0 aromatic heterocycles. The van der Waals surface area contributed by atoms with Gasteiger partial charge in [0, 0.05) is 5.56 Å². The van der Waals surface area contributed by atoms with E-state index in [1.54, 1.807) is 7.05 Å². The fourth-order valence-corrected chi connectivity index (χ4v) is 1.59. The monoisotopic (exact) mass is 245 g/mol. The molecule has 88 valence electrons. The van der Waals surface area contributed by atoms with Gasteiger partial charge in [-0.2, -0.15) is 0 Å². The van der Waals surface area contributed by atoms with E-state index < -0.39 is 11.6 Å². The summed E-state index contributed by atoms with van der Waals surface area (Å²) in [6.07, 6.45) is 1.83. The molecule has 1 aromatic carbocycles. The van der Waals surface area contributed by atoms with Crippen molar-refractivity contribution in [3.63, 3.8) is 0 Å². The van der Waals surface area contributed by atoms with Gasteiger partial charge in [0.05, 0.1) is 11.1 Å². The molecule has 0 bridgehead atoms. The second-order valence-electron chi connectivity index (χ2n) is 3.80. The number of hydrogen-bond acceptors (Lipinski definition) is 1. The molecule has 0 saturated carbocycles. The van der Waals surface area contributed by atoms with E-state index in [-0.39, 0.29) is 16.6 Å². The average Bonchev–Trinajstić information content (AvgIpc) is 2.20. The van der Waals surface area contributed by atoms with Crippen molar-refractivity contribution in [1.82, 2.24) is 5.32 Å². The first-order chi connectivity index (χ1) is 7.45. The zero-order valence-corrected chi connectivity index (χ0v) is 10.2. The largest absolute Gasteiger partial charge is 0.310 e. The van der Waals surface area contributed by atoms with Crippen LogP contribution < -0.4 is 5.32 Å². The van der Waals surface area contributed by atoms with E-state index in [0.717, 1.165) is 17.7 Å². The average molecular weight is 246 g/mol. The number of halogens is 3. The summed E-state index contributed by atoms with van der Waals surface area (Å²) >= 11 is 5.49. The van der Waals surface area contributed by atoms with Crippen LogP contribution in [0.2, 0.25) is 5.02 Å². The minimum absolute atomic E-state index is 0.201. The van der Waals surface area contributed by atoms with Crippen LogP contribution in [0.25, 0.3) is 0 Å². The summed E-state index contributed by atoms with van der Waals surface area (Å²) in [5.74, 6) is -1.12. The minimum Gasteiger partial charge on any atom is -0.310 e. The van der Waals surface area contributed by atoms with E-state index in [9.17, 15) is 8.78 Å². The molecule has 0 fully saturated rings. The summed E-state index contributed by atoms with van der Waals surface area (Å²) in [6.45, 7) is 3.79. The van der Waals surface area contributed by atoms with Gasteiger partial charge in [-0.1, -0.05) is 23.3 Å². The maximum absolute atomic E-state index is 13.6. The zero-order valence-electron chi connectivity index (χ0n) is 9.44. The third-order valence-electron chi connectivity index (χ3n) is 2.19. The van der Waals surface area contributed by atoms with Gasteiger partial charge >= 0.3 is 0 Å². The van der Waals surface area contributed by atoms with E-state index in [1.807, 2.05) is 19.9 Å². The Hall–Kier alpha value is -0.930. The van der Waals surface area contributed by atoms with Gasteiger partial charge in [0.1, 0.15) is 11.6 Å². The number of benzene rings is 1. The lowest BCUT2D eigenvalue weighted by Gasteiger charge is -2.14. The summed E-state index contributed by atoms with van der Waals surface area (Å²) in [5, 5.41) is 2.71. The highest BCUT2D eigenvalue weighted by molar-refractivity contribution is 6.30. The van der Waals surface area contributed by atoms with Crippen molar-refractivity contribution in [2.24, 2.45) is 0 Å². The lowest BCUT2D eigenvalue weighted by molar-refractivity contribution is 0.562. The first kappa shape index (κ1) is 13.1. The van der Waals surface area contributed by atoms with Crippen LogP contribution >= 0.6 is 11.6 Å². The molecule has 1 rings (SSSR count). The summed E-state index contributed by atoms with van der Waals surface area (Å²) in [6, 6.07) is 1.77. The SMILES string of the molecule is CNC(C=C(C)C)c1cc(F)c(Cl)cc1F. The number of nitrogens with one attached hydrogen (secondary N) is 1. The van der Waals surface area contributed by atoms with Crippen LogP contribution in [0.5, 0.6) is 0 Å². The number of hydrogen-bond donors (Lipinski definition) is 1. The van der Waals surface area contributed by atoms with E-state index >= 15 is 0 Å². The molecule has 0 aliphatic carbocycles. The molecule has 4 heteroatoms. The van der Waals surface area contributed by atoms with E-state index in [4.69, 9.17) is 11.6 Å². The number of allylic oxidation sites excluding steroid dienone is 1. The molecule has 1 atom stereocenters. The van der Waals surface area contributed by atoms with E-state index in [2.05, 4.69) is 5.32 Å². The molecule has 0 aliphatic heterocycles. The predicted molar refractivity (Wildman–Crippen MR) is 62.6 cm³/mol. The number of rotatable bonds is 3. The van der Waals surface area contributed by atoms with Crippen molar-refractivity contribution in [1.29, 1.82) is 0 Å². The van der Waals surface area contributed by atoms with Gasteiger partial charge in [0.25, 0.3) is 0 Å². The lowest BCUT2D eigenvalue weighted by Crippen LogP contribution is -2.16. The summed E-state index contributed by atoms with van der Waals surface area (Å²) in [7, 11) is 1.69. The van der Waals surface area contributed by atoms with Crippen LogP contribution in [0, 0.1) is 11.6 Å². The van der Waals surface area contributed by atoms with Crippen LogP contribution in [0.3, 0.4) is 0 Å². The Labute approximate surface area is 99.1 Å². The third kappa shape index (κ3) is 3.03. The molecule has 1 nitrogen and oxygen atoms in total. The van der Waals surface area contributed by atoms with Crippen molar-refractivity contribution in [3.8, 4) is 0 Å². The highest BCUT2D eigenvalue weighted by Crippen LogP contribution is 2.25. The molecule has 1 aromatic rings. The maximum Gasteiger partial charge on any atom is 0.142 e. The van der Waals surface area contributed by atoms with Crippen molar-refractivity contribution >= 4 is 11.6 Å². The molecule has 1 unspecified atom stereocenters. The van der Waals surface area contributed by atoms with Crippen LogP contribution in [-0.4, -0.2) is 7.05 Å². The molecule has 0 spiro atoms. The Balaban J connectivity index is 3.20. The van der Waals surface area contributed by atoms with Crippen molar-refractivity contribution in [2.45, 2.75) is 19.9 Å². The smallest absolute Gasteiger partial charge is 0.142 e. The zero-order chi connectivity index (χ0) is 12.3. The molecule has 0 aliphatic rings. The second kappa shape index (κ2) is 5.41. The minimum atomic E-state index is -0.611. The van der Waals surface area contributed by atoms with E-state index in [0.29, 0.717) is 0 Å². The summed E-state index contributed by atoms with van der Waals surface area (Å²) < 4.78 is 26.8. The summed E-state index contributed by atoms with van der Waals surface area (Å²) in [5.41, 5.74) is 1.28. The van der Waals surface area contributed by atoms with Crippen molar-refractivity contribution in [2.75, 3.05) is 7.05 Å². The first-order valence-corrected chi connectivity index (χ1v) is 5.30. The van der Waals surface area contributed by atoms with Gasteiger partial charge in [-0.3, -0.25) is 0 Å². The normalized spacial score (nSPS) is 12.4. The molecular formula is C12H14ClF2N. The van der Waals surface area contributed by atoms with Gasteiger partial charge in [0.15, 0.2) is 0 Å². The van der Waals surface area contributed by atoms with Gasteiger partial charge in [-0.05, 0) is 33.0 Å². The van der Waals surface area contributed by atoms with Crippen LogP contribution in [0.4, 0.5) is 8.78 Å². The molecule has 1 N–H and O–H groups in total. The Morgan fingerprint density at radius 1 is 1.31 bits per heavy atom. The van der Waals surface area contributed by atoms with Gasteiger partial charge < -0.3 is 5.32 Å². The van der Waals surface area contributed by atoms with Crippen molar-refractivity contribution < 1.29 is 8.78 Å². The van der Waals surface area contributed by atoms with E-state index in [1.165, 1.54) is 0 Å². The first-order valence-electron chi connectivity index (χ1n) is 4.92. The Morgan fingerprint density at radius 2 is 1.94 bits per heavy atom. The number of likely N-dealkylation sites (N-methyl/N-ethyl adjacent to an activating group) is 1. The third-order valence-corrected chi connectivity index (χ3v) is 2.48. The predicted octanol–water partition coefficient (Wildman–Crippen LogP) is 3.84. The quantitative estimate of drug-likeness (QED) is 0.630. The molecule has 0 radical (unpaired) electrons. The Bertz CT molecular complexity index is 412. The second-order valence-corrected chi connectivity index (χ2v) is 4.21. The Kier molecular flexibility index (Phi) is 4.44. The topological polar surface area (TPSA) is 12.0 Å². The molecule has 0 saturated heterocycles. The van der Waals surface area contributed by atoms with Crippen molar-refractivity contribution in [3.05, 3.63) is 46.0 Å². The molecule has 0 amide bonds. The maximum atomic E-state index is 13.6. The summed E-state index contributed by atoms with van der Waals surface area (Å²) in [4.78, 5) is 0. The fourth-order valence-electron chi connectivity index (χ4n) is 1.44. The molecule has 16 heavy (non-hydrogen) atoms. The molecule has 0 heterocycles.